The number of ether oxygens (including phenoxy) is 1. The molecule has 7 rings (SSSR count). The molecule has 4 aromatic carbocycles. The van der Waals surface area contributed by atoms with E-state index in [1.165, 1.54) is 30.3 Å². The molecule has 3 aliphatic heterocycles. The lowest BCUT2D eigenvalue weighted by atomic mass is 9.89. The molecule has 2 amide bonds. The van der Waals surface area contributed by atoms with E-state index in [0.29, 0.717) is 16.8 Å². The zero-order valence-electron chi connectivity index (χ0n) is 22.1. The van der Waals surface area contributed by atoms with Gasteiger partial charge in [-0.3, -0.25) is 14.4 Å². The van der Waals surface area contributed by atoms with Crippen molar-refractivity contribution in [1.29, 1.82) is 0 Å². The van der Waals surface area contributed by atoms with Gasteiger partial charge in [0.05, 0.1) is 23.6 Å². The summed E-state index contributed by atoms with van der Waals surface area (Å²) in [6.45, 7) is 0. The average molecular weight is 559 g/mol. The van der Waals surface area contributed by atoms with Gasteiger partial charge >= 0.3 is 5.97 Å². The third-order valence-electron chi connectivity index (χ3n) is 8.12. The Balaban J connectivity index is 1.23. The summed E-state index contributed by atoms with van der Waals surface area (Å²) in [5.41, 5.74) is 2.35. The number of hydrogen-bond acceptors (Lipinski definition) is 6. The first-order valence-corrected chi connectivity index (χ1v) is 13.5. The molecule has 0 saturated carbocycles. The van der Waals surface area contributed by atoms with Crippen LogP contribution in [0.2, 0.25) is 0 Å². The largest absolute Gasteiger partial charge is 0.425 e. The van der Waals surface area contributed by atoms with Gasteiger partial charge < -0.3 is 9.64 Å². The van der Waals surface area contributed by atoms with Gasteiger partial charge in [-0.2, -0.15) is 0 Å². The second kappa shape index (κ2) is 9.92. The molecule has 0 radical (unpaired) electrons. The molecule has 4 aromatic rings. The Hall–Kier alpha value is -5.37. The molecule has 3 heterocycles. The normalized spacial score (nSPS) is 22.0. The van der Waals surface area contributed by atoms with E-state index in [1.54, 1.807) is 47.4 Å². The van der Waals surface area contributed by atoms with Gasteiger partial charge in [-0.25, -0.2) is 14.1 Å². The molecule has 0 bridgehead atoms. The molecule has 0 N–H and O–H groups in total. The number of imide groups is 1. The Morgan fingerprint density at radius 1 is 0.690 bits per heavy atom. The van der Waals surface area contributed by atoms with Crippen molar-refractivity contribution in [3.63, 3.8) is 0 Å². The number of carbonyl (C=O) groups excluding carboxylic acids is 4. The summed E-state index contributed by atoms with van der Waals surface area (Å²) in [4.78, 5) is 57.0. The molecule has 42 heavy (non-hydrogen) atoms. The number of esters is 1. The third kappa shape index (κ3) is 3.95. The summed E-state index contributed by atoms with van der Waals surface area (Å²) in [6, 6.07) is 26.3. The van der Waals surface area contributed by atoms with Crippen LogP contribution in [0.1, 0.15) is 21.5 Å². The van der Waals surface area contributed by atoms with Gasteiger partial charge in [0.1, 0.15) is 17.6 Å². The van der Waals surface area contributed by atoms with Crippen LogP contribution in [0, 0.1) is 17.7 Å². The minimum absolute atomic E-state index is 0.139. The van der Waals surface area contributed by atoms with Crippen LogP contribution in [0.4, 0.5) is 15.8 Å². The zero-order chi connectivity index (χ0) is 29.0. The van der Waals surface area contributed by atoms with E-state index in [0.717, 1.165) is 10.5 Å². The monoisotopic (exact) mass is 558 g/mol. The van der Waals surface area contributed by atoms with Gasteiger partial charge in [-0.1, -0.05) is 72.8 Å². The number of amides is 2. The first-order chi connectivity index (χ1) is 20.4. The lowest BCUT2D eigenvalue weighted by Gasteiger charge is -2.36. The fourth-order valence-electron chi connectivity index (χ4n) is 6.26. The number of rotatable bonds is 5. The number of fused-ring (bicyclic) bond motifs is 5. The summed E-state index contributed by atoms with van der Waals surface area (Å²) in [7, 11) is 0. The van der Waals surface area contributed by atoms with E-state index in [4.69, 9.17) is 4.74 Å². The van der Waals surface area contributed by atoms with Crippen LogP contribution in [0.5, 0.6) is 5.75 Å². The molecular weight excluding hydrogens is 535 g/mol. The fourth-order valence-corrected chi connectivity index (χ4v) is 6.26. The summed E-state index contributed by atoms with van der Waals surface area (Å²) in [5.74, 6) is -4.63. The molecule has 206 valence electrons. The number of benzene rings is 4. The second-order valence-electron chi connectivity index (χ2n) is 10.4. The number of ketones is 1. The Morgan fingerprint density at radius 3 is 2.05 bits per heavy atom. The van der Waals surface area contributed by atoms with Crippen molar-refractivity contribution >= 4 is 41.0 Å². The summed E-state index contributed by atoms with van der Waals surface area (Å²) < 4.78 is 20.5. The zero-order valence-corrected chi connectivity index (χ0v) is 22.1. The minimum Gasteiger partial charge on any atom is -0.425 e. The molecular formula is C34H23FN2O5. The van der Waals surface area contributed by atoms with Crippen LogP contribution in [0.3, 0.4) is 0 Å². The summed E-state index contributed by atoms with van der Waals surface area (Å²) in [5, 5.41) is 0. The second-order valence-corrected chi connectivity index (χ2v) is 10.4. The lowest BCUT2D eigenvalue weighted by molar-refractivity contribution is -0.139. The Bertz CT molecular complexity index is 1790. The topological polar surface area (TPSA) is 84.0 Å². The van der Waals surface area contributed by atoms with E-state index in [1.807, 2.05) is 42.5 Å². The van der Waals surface area contributed by atoms with Crippen molar-refractivity contribution in [3.8, 4) is 5.75 Å². The third-order valence-corrected chi connectivity index (χ3v) is 8.12. The van der Waals surface area contributed by atoms with Crippen molar-refractivity contribution in [2.75, 3.05) is 9.80 Å². The van der Waals surface area contributed by atoms with Gasteiger partial charge in [0.2, 0.25) is 11.8 Å². The van der Waals surface area contributed by atoms with E-state index in [2.05, 4.69) is 0 Å². The van der Waals surface area contributed by atoms with Crippen molar-refractivity contribution in [3.05, 3.63) is 132 Å². The van der Waals surface area contributed by atoms with Crippen LogP contribution in [0.15, 0.2) is 109 Å². The van der Waals surface area contributed by atoms with Gasteiger partial charge in [-0.05, 0) is 48.0 Å². The Labute approximate surface area is 240 Å². The number of hydrogen-bond donors (Lipinski definition) is 0. The molecule has 8 heteroatoms. The van der Waals surface area contributed by atoms with Gasteiger partial charge in [0.25, 0.3) is 0 Å². The molecule has 0 spiro atoms. The quantitative estimate of drug-likeness (QED) is 0.148. The molecule has 2 saturated heterocycles. The first kappa shape index (κ1) is 25.6. The number of carbonyl (C=O) groups is 4. The van der Waals surface area contributed by atoms with Crippen molar-refractivity contribution in [1.82, 2.24) is 0 Å². The Kier molecular flexibility index (Phi) is 6.04. The molecule has 7 nitrogen and oxygen atoms in total. The number of halogens is 1. The highest BCUT2D eigenvalue weighted by molar-refractivity contribution is 6.24. The van der Waals surface area contributed by atoms with E-state index in [9.17, 15) is 23.6 Å². The smallest absolute Gasteiger partial charge is 0.335 e. The first-order valence-electron chi connectivity index (χ1n) is 13.5. The Morgan fingerprint density at radius 2 is 1.31 bits per heavy atom. The van der Waals surface area contributed by atoms with Crippen molar-refractivity contribution < 1.29 is 28.3 Å². The molecule has 4 atom stereocenters. The summed E-state index contributed by atoms with van der Waals surface area (Å²) in [6.07, 6.45) is 3.68. The van der Waals surface area contributed by atoms with E-state index in [-0.39, 0.29) is 17.2 Å². The van der Waals surface area contributed by atoms with Crippen molar-refractivity contribution in [2.45, 2.75) is 12.1 Å². The molecule has 3 aliphatic rings. The van der Waals surface area contributed by atoms with Gasteiger partial charge in [0.15, 0.2) is 5.78 Å². The maximum absolute atomic E-state index is 14.7. The van der Waals surface area contributed by atoms with Gasteiger partial charge in [0, 0.05) is 16.8 Å². The SMILES string of the molecule is O=C(c1ccccc1)c1ccc(OC(=O)[C@H]2[C@H]3C(=O)N(c4ccccc4F)C(=O)[C@@H]3[C@H]3C=Cc4ccccc4N32)cc1. The predicted molar refractivity (Wildman–Crippen MR) is 153 cm³/mol. The van der Waals surface area contributed by atoms with E-state index < -0.39 is 47.5 Å². The standard InChI is InChI=1S/C34H23FN2O5/c35-24-11-5-7-13-26(24)37-32(39)28-27-19-16-20-8-4-6-12-25(20)36(27)30(29(28)33(37)40)34(41)42-23-17-14-22(15-18-23)31(38)21-9-2-1-3-10-21/h1-19,27-30H/t27-,28-,29+,30-/m1/s1. The van der Waals surface area contributed by atoms with Crippen LogP contribution in [-0.4, -0.2) is 35.7 Å². The maximum Gasteiger partial charge on any atom is 0.335 e. The van der Waals surface area contributed by atoms with E-state index >= 15 is 0 Å². The number of anilines is 2. The average Bonchev–Trinajstić information content (AvgIpc) is 3.50. The molecule has 2 fully saturated rings. The molecule has 0 unspecified atom stereocenters. The highest BCUT2D eigenvalue weighted by Gasteiger charge is 2.65. The maximum atomic E-state index is 14.7. The van der Waals surface area contributed by atoms with Crippen LogP contribution in [0.25, 0.3) is 6.08 Å². The van der Waals surface area contributed by atoms with Crippen LogP contribution >= 0.6 is 0 Å². The van der Waals surface area contributed by atoms with Crippen molar-refractivity contribution in [2.24, 2.45) is 11.8 Å². The van der Waals surface area contributed by atoms with Crippen LogP contribution < -0.4 is 14.5 Å². The summed E-state index contributed by atoms with van der Waals surface area (Å²) >= 11 is 0. The fraction of sp³-hybridized carbons (Fsp3) is 0.118. The lowest BCUT2D eigenvalue weighted by Crippen LogP contribution is -2.50. The predicted octanol–water partition coefficient (Wildman–Crippen LogP) is 5.05. The highest BCUT2D eigenvalue weighted by Crippen LogP contribution is 2.49. The molecule has 0 aliphatic carbocycles. The van der Waals surface area contributed by atoms with Gasteiger partial charge in [-0.15, -0.1) is 0 Å². The highest BCUT2D eigenvalue weighted by atomic mass is 19.1. The minimum atomic E-state index is -1.15. The van der Waals surface area contributed by atoms with Crippen LogP contribution in [-0.2, 0) is 14.4 Å². The molecule has 0 aromatic heterocycles. The number of para-hydroxylation sites is 2. The number of nitrogens with zero attached hydrogens (tertiary/aromatic N) is 2.